The second kappa shape index (κ2) is 5.02. The van der Waals surface area contributed by atoms with Crippen LogP contribution in [0.4, 0.5) is 14.5 Å². The summed E-state index contributed by atoms with van der Waals surface area (Å²) in [6, 6.07) is 14.4. The zero-order valence-corrected chi connectivity index (χ0v) is 11.9. The highest BCUT2D eigenvalue weighted by molar-refractivity contribution is 6.35. The number of nitrogens with one attached hydrogen (secondary N) is 1. The van der Waals surface area contributed by atoms with E-state index in [1.165, 1.54) is 24.3 Å². The molecule has 0 atom stereocenters. The lowest BCUT2D eigenvalue weighted by Gasteiger charge is -2.00. The molecule has 112 valence electrons. The average Bonchev–Trinajstić information content (AvgIpc) is 2.86. The third-order valence-electron chi connectivity index (χ3n) is 3.95. The predicted molar refractivity (Wildman–Crippen MR) is 85.9 cm³/mol. The fourth-order valence-electron chi connectivity index (χ4n) is 2.88. The van der Waals surface area contributed by atoms with Crippen LogP contribution in [0.15, 0.2) is 54.6 Å². The van der Waals surface area contributed by atoms with Crippen molar-refractivity contribution in [2.45, 2.75) is 0 Å². The molecule has 1 aliphatic heterocycles. The van der Waals surface area contributed by atoms with E-state index in [4.69, 9.17) is 0 Å². The van der Waals surface area contributed by atoms with Gasteiger partial charge in [-0.1, -0.05) is 30.3 Å². The van der Waals surface area contributed by atoms with Crippen molar-refractivity contribution in [1.29, 1.82) is 0 Å². The molecule has 0 bridgehead atoms. The standard InChI is InChI=1S/C19H11F2NO/c20-12-6-7-18-15(10-12)16(19(23)22-18)8-11-9-17(21)14-5-3-1-2-4-13(11)14/h1-10H,(H,22,23)/b16-8+. The number of hydrogen-bond donors (Lipinski definition) is 1. The summed E-state index contributed by atoms with van der Waals surface area (Å²) in [5.74, 6) is -1.09. The number of anilines is 1. The first-order chi connectivity index (χ1) is 11.1. The number of fused-ring (bicyclic) bond motifs is 2. The molecule has 0 radical (unpaired) electrons. The van der Waals surface area contributed by atoms with Crippen molar-refractivity contribution >= 4 is 23.2 Å². The van der Waals surface area contributed by atoms with Crippen molar-refractivity contribution in [3.05, 3.63) is 77.4 Å². The molecule has 0 fully saturated rings. The van der Waals surface area contributed by atoms with Gasteiger partial charge < -0.3 is 5.32 Å². The molecule has 2 aliphatic carbocycles. The van der Waals surface area contributed by atoms with Gasteiger partial charge in [-0.2, -0.15) is 0 Å². The van der Waals surface area contributed by atoms with E-state index >= 15 is 0 Å². The summed E-state index contributed by atoms with van der Waals surface area (Å²) in [7, 11) is 0. The van der Waals surface area contributed by atoms with Crippen molar-refractivity contribution in [1.82, 2.24) is 0 Å². The lowest BCUT2D eigenvalue weighted by Crippen LogP contribution is -2.03. The minimum atomic E-state index is -0.420. The van der Waals surface area contributed by atoms with E-state index in [9.17, 15) is 13.6 Å². The van der Waals surface area contributed by atoms with Crippen LogP contribution >= 0.6 is 0 Å². The van der Waals surface area contributed by atoms with Crippen LogP contribution in [0.5, 0.6) is 0 Å². The Morgan fingerprint density at radius 1 is 0.870 bits per heavy atom. The highest BCUT2D eigenvalue weighted by Crippen LogP contribution is 2.37. The van der Waals surface area contributed by atoms with Gasteiger partial charge in [0.15, 0.2) is 0 Å². The molecule has 1 amide bonds. The highest BCUT2D eigenvalue weighted by Gasteiger charge is 2.25. The van der Waals surface area contributed by atoms with E-state index in [0.717, 1.165) is 0 Å². The fourth-order valence-corrected chi connectivity index (χ4v) is 2.88. The first kappa shape index (κ1) is 13.6. The SMILES string of the molecule is O=C1Nc2ccc(F)cc2/C1=C\c1cc(F)c2cccccc1-2. The molecule has 1 N–H and O–H groups in total. The van der Waals surface area contributed by atoms with Crippen LogP contribution in [0, 0.1) is 11.6 Å². The number of amides is 1. The number of carbonyl (C=O) groups is 1. The van der Waals surface area contributed by atoms with Gasteiger partial charge in [-0.25, -0.2) is 8.78 Å². The molecule has 4 rings (SSSR count). The van der Waals surface area contributed by atoms with Crippen LogP contribution in [0.25, 0.3) is 22.8 Å². The van der Waals surface area contributed by atoms with Crippen LogP contribution in [-0.4, -0.2) is 5.91 Å². The van der Waals surface area contributed by atoms with Crippen LogP contribution < -0.4 is 5.32 Å². The zero-order chi connectivity index (χ0) is 16.0. The monoisotopic (exact) mass is 307 g/mol. The van der Waals surface area contributed by atoms with Gasteiger partial charge in [0.1, 0.15) is 11.6 Å². The second-order valence-electron chi connectivity index (χ2n) is 5.39. The van der Waals surface area contributed by atoms with Gasteiger partial charge >= 0.3 is 0 Å². The van der Waals surface area contributed by atoms with Gasteiger partial charge in [0, 0.05) is 22.4 Å². The van der Waals surface area contributed by atoms with E-state index in [0.29, 0.717) is 33.5 Å². The summed E-state index contributed by atoms with van der Waals surface area (Å²) >= 11 is 0. The molecule has 3 aliphatic rings. The van der Waals surface area contributed by atoms with Crippen molar-refractivity contribution in [3.8, 4) is 11.1 Å². The Labute approximate surface area is 131 Å². The molecule has 0 spiro atoms. The molecule has 0 aromatic heterocycles. The Kier molecular flexibility index (Phi) is 2.98. The lowest BCUT2D eigenvalue weighted by molar-refractivity contribution is -0.110. The maximum Gasteiger partial charge on any atom is 0.256 e. The molecular formula is C19H11F2NO. The topological polar surface area (TPSA) is 29.1 Å². The van der Waals surface area contributed by atoms with Crippen LogP contribution in [0.3, 0.4) is 0 Å². The number of halogens is 2. The molecule has 23 heavy (non-hydrogen) atoms. The minimum absolute atomic E-state index is 0.319. The Bertz CT molecular complexity index is 946. The third kappa shape index (κ3) is 2.19. The minimum Gasteiger partial charge on any atom is -0.321 e. The highest BCUT2D eigenvalue weighted by atomic mass is 19.1. The van der Waals surface area contributed by atoms with Crippen molar-refractivity contribution in [3.63, 3.8) is 0 Å². The summed E-state index contributed by atoms with van der Waals surface area (Å²) in [4.78, 5) is 12.2. The van der Waals surface area contributed by atoms with Crippen molar-refractivity contribution in [2.24, 2.45) is 0 Å². The van der Waals surface area contributed by atoms with Gasteiger partial charge in [-0.05, 0) is 41.5 Å². The first-order valence-corrected chi connectivity index (χ1v) is 7.14. The van der Waals surface area contributed by atoms with E-state index in [1.54, 1.807) is 24.3 Å². The van der Waals surface area contributed by atoms with Gasteiger partial charge in [-0.3, -0.25) is 4.79 Å². The summed E-state index contributed by atoms with van der Waals surface area (Å²) in [5, 5.41) is 2.69. The van der Waals surface area contributed by atoms with Gasteiger partial charge in [0.2, 0.25) is 0 Å². The fraction of sp³-hybridized carbons (Fsp3) is 0. The quantitative estimate of drug-likeness (QED) is 0.656. The van der Waals surface area contributed by atoms with Gasteiger partial charge in [0.25, 0.3) is 5.91 Å². The number of rotatable bonds is 1. The summed E-state index contributed by atoms with van der Waals surface area (Å²) in [6.07, 6.45) is 1.60. The van der Waals surface area contributed by atoms with Crippen molar-refractivity contribution in [2.75, 3.05) is 5.32 Å². The largest absolute Gasteiger partial charge is 0.321 e. The van der Waals surface area contributed by atoms with Crippen LogP contribution in [0.1, 0.15) is 11.1 Å². The Balaban J connectivity index is 1.90. The summed E-state index contributed by atoms with van der Waals surface area (Å²) in [6.45, 7) is 0. The lowest BCUT2D eigenvalue weighted by atomic mass is 10.0. The van der Waals surface area contributed by atoms with Crippen molar-refractivity contribution < 1.29 is 13.6 Å². The molecular weight excluding hydrogens is 296 g/mol. The van der Waals surface area contributed by atoms with Crippen LogP contribution in [-0.2, 0) is 4.79 Å². The molecule has 1 aromatic carbocycles. The Hall–Kier alpha value is -3.01. The molecule has 4 heteroatoms. The molecule has 0 unspecified atom stereocenters. The second-order valence-corrected chi connectivity index (χ2v) is 5.39. The maximum absolute atomic E-state index is 14.1. The van der Waals surface area contributed by atoms with E-state index in [-0.39, 0.29) is 11.7 Å². The molecule has 2 nitrogen and oxygen atoms in total. The molecule has 0 saturated carbocycles. The zero-order valence-electron chi connectivity index (χ0n) is 11.9. The number of carbonyl (C=O) groups excluding carboxylic acids is 1. The third-order valence-corrected chi connectivity index (χ3v) is 3.95. The molecule has 1 heterocycles. The predicted octanol–water partition coefficient (Wildman–Crippen LogP) is 4.56. The number of benzene rings is 1. The van der Waals surface area contributed by atoms with E-state index in [2.05, 4.69) is 5.32 Å². The Morgan fingerprint density at radius 2 is 1.65 bits per heavy atom. The molecule has 1 aromatic rings. The van der Waals surface area contributed by atoms with E-state index in [1.807, 2.05) is 12.1 Å². The normalized spacial score (nSPS) is 15.0. The Morgan fingerprint density at radius 3 is 2.48 bits per heavy atom. The van der Waals surface area contributed by atoms with E-state index < -0.39 is 5.82 Å². The average molecular weight is 307 g/mol. The number of hydrogen-bond acceptors (Lipinski definition) is 1. The smallest absolute Gasteiger partial charge is 0.256 e. The van der Waals surface area contributed by atoms with Gasteiger partial charge in [0.05, 0.1) is 0 Å². The summed E-state index contributed by atoms with van der Waals surface area (Å²) in [5.41, 5.74) is 3.17. The maximum atomic E-state index is 14.1. The van der Waals surface area contributed by atoms with Gasteiger partial charge in [-0.15, -0.1) is 0 Å². The molecule has 0 saturated heterocycles. The van der Waals surface area contributed by atoms with Crippen LogP contribution in [0.2, 0.25) is 0 Å². The first-order valence-electron chi connectivity index (χ1n) is 7.14. The summed E-state index contributed by atoms with van der Waals surface area (Å²) < 4.78 is 27.6.